The van der Waals surface area contributed by atoms with Crippen LogP contribution in [0.3, 0.4) is 0 Å². The number of alkyl halides is 6. The highest BCUT2D eigenvalue weighted by Crippen LogP contribution is 2.49. The molecule has 0 spiro atoms. The second kappa shape index (κ2) is 3.48. The van der Waals surface area contributed by atoms with E-state index in [1.165, 1.54) is 0 Å². The Bertz CT molecular complexity index is 280. The van der Waals surface area contributed by atoms with Gasteiger partial charge in [-0.1, -0.05) is 0 Å². The number of carboxylic acids is 1. The summed E-state index contributed by atoms with van der Waals surface area (Å²) in [6, 6.07) is 0. The van der Waals surface area contributed by atoms with Gasteiger partial charge in [0.25, 0.3) is 0 Å². The van der Waals surface area contributed by atoms with Crippen LogP contribution in [0.25, 0.3) is 0 Å². The number of halogens is 6. The third kappa shape index (κ3) is 1.82. The number of aliphatic carboxylic acids is 1. The molecule has 0 bridgehead atoms. The minimum Gasteiger partial charge on any atom is -0.479 e. The van der Waals surface area contributed by atoms with Gasteiger partial charge in [-0.3, -0.25) is 0 Å². The van der Waals surface area contributed by atoms with Crippen molar-refractivity contribution in [2.75, 3.05) is 6.61 Å². The zero-order chi connectivity index (χ0) is 12.8. The van der Waals surface area contributed by atoms with E-state index in [4.69, 9.17) is 5.11 Å². The summed E-state index contributed by atoms with van der Waals surface area (Å²) in [5.74, 6) is -6.82. The summed E-state index contributed by atoms with van der Waals surface area (Å²) in [5.41, 5.74) is 0. The summed E-state index contributed by atoms with van der Waals surface area (Å²) < 4.78 is 80.1. The van der Waals surface area contributed by atoms with Gasteiger partial charge in [0.1, 0.15) is 0 Å². The van der Waals surface area contributed by atoms with Crippen molar-refractivity contribution in [1.29, 1.82) is 0 Å². The van der Waals surface area contributed by atoms with Crippen molar-refractivity contribution < 1.29 is 45.7 Å². The van der Waals surface area contributed by atoms with Gasteiger partial charge in [0.05, 0.1) is 6.61 Å². The molecule has 0 amide bonds. The van der Waals surface area contributed by atoms with Crippen LogP contribution < -0.4 is 0 Å². The molecule has 0 aromatic carbocycles. The highest BCUT2D eigenvalue weighted by molar-refractivity contribution is 5.72. The summed E-state index contributed by atoms with van der Waals surface area (Å²) in [5, 5.41) is 8.24. The molecule has 1 heterocycles. The summed E-state index contributed by atoms with van der Waals surface area (Å²) in [6.07, 6.45) is -14.1. The molecule has 1 N–H and O–H groups in total. The van der Waals surface area contributed by atoms with Gasteiger partial charge in [-0.25, -0.2) is 4.79 Å². The van der Waals surface area contributed by atoms with Crippen molar-refractivity contribution in [2.24, 2.45) is 0 Å². The number of carboxylic acid groups (broad SMARTS) is 1. The Morgan fingerprint density at radius 2 is 1.62 bits per heavy atom. The van der Waals surface area contributed by atoms with Gasteiger partial charge in [0.15, 0.2) is 6.10 Å². The van der Waals surface area contributed by atoms with Crippen LogP contribution in [0, 0.1) is 0 Å². The van der Waals surface area contributed by atoms with Gasteiger partial charge in [-0.2, -0.15) is 26.3 Å². The molecule has 4 nitrogen and oxygen atoms in total. The maximum absolute atomic E-state index is 12.2. The van der Waals surface area contributed by atoms with E-state index >= 15 is 0 Å². The van der Waals surface area contributed by atoms with Crippen LogP contribution in [0.4, 0.5) is 26.3 Å². The average Bonchev–Trinajstić information content (AvgIpc) is 2.44. The third-order valence-corrected chi connectivity index (χ3v) is 1.77. The van der Waals surface area contributed by atoms with Crippen molar-refractivity contribution in [2.45, 2.75) is 24.2 Å². The Kier molecular flexibility index (Phi) is 2.84. The number of ether oxygens (including phenoxy) is 2. The standard InChI is InChI=1S/C6H4F6O4/c7-5(8,9)4(6(10,11)12)15-1-2(16-4)3(13)14/h2H,1H2,(H,13,14). The molecule has 1 fully saturated rings. The zero-order valence-electron chi connectivity index (χ0n) is 7.22. The van der Waals surface area contributed by atoms with Crippen LogP contribution >= 0.6 is 0 Å². The molecule has 0 radical (unpaired) electrons. The first-order valence-corrected chi connectivity index (χ1v) is 3.69. The van der Waals surface area contributed by atoms with Gasteiger partial charge < -0.3 is 14.6 Å². The molecule has 1 unspecified atom stereocenters. The smallest absolute Gasteiger partial charge is 0.453 e. The van der Waals surface area contributed by atoms with E-state index in [-0.39, 0.29) is 0 Å². The van der Waals surface area contributed by atoms with Gasteiger partial charge in [0.2, 0.25) is 0 Å². The first kappa shape index (κ1) is 13.0. The maximum atomic E-state index is 12.2. The SMILES string of the molecule is O=C(O)C1COC(C(F)(F)F)(C(F)(F)F)O1. The molecule has 0 aromatic heterocycles. The molecule has 10 heteroatoms. The van der Waals surface area contributed by atoms with E-state index in [0.717, 1.165) is 0 Å². The van der Waals surface area contributed by atoms with Gasteiger partial charge >= 0.3 is 24.1 Å². The number of hydrogen-bond acceptors (Lipinski definition) is 3. The minimum absolute atomic E-state index is 1.33. The lowest BCUT2D eigenvalue weighted by molar-refractivity contribution is -0.442. The number of rotatable bonds is 1. The first-order chi connectivity index (χ1) is 7.01. The summed E-state index contributed by atoms with van der Waals surface area (Å²) in [4.78, 5) is 10.2. The topological polar surface area (TPSA) is 55.8 Å². The Hall–Kier alpha value is -1.03. The Morgan fingerprint density at radius 1 is 1.19 bits per heavy atom. The normalized spacial score (nSPS) is 25.8. The molecule has 0 aromatic rings. The predicted octanol–water partition coefficient (Wildman–Crippen LogP) is 1.31. The average molecular weight is 254 g/mol. The van der Waals surface area contributed by atoms with Crippen molar-refractivity contribution in [1.82, 2.24) is 0 Å². The molecule has 1 saturated heterocycles. The van der Waals surface area contributed by atoms with E-state index in [2.05, 4.69) is 9.47 Å². The monoisotopic (exact) mass is 254 g/mol. The lowest BCUT2D eigenvalue weighted by Crippen LogP contribution is -2.58. The van der Waals surface area contributed by atoms with E-state index in [9.17, 15) is 31.1 Å². The molecule has 0 aliphatic carbocycles. The van der Waals surface area contributed by atoms with Gasteiger partial charge in [0, 0.05) is 0 Å². The molecule has 1 aliphatic heterocycles. The highest BCUT2D eigenvalue weighted by atomic mass is 19.4. The van der Waals surface area contributed by atoms with Crippen LogP contribution in [-0.2, 0) is 14.3 Å². The zero-order valence-corrected chi connectivity index (χ0v) is 7.22. The quantitative estimate of drug-likeness (QED) is 0.717. The molecule has 1 aliphatic rings. The molecular formula is C6H4F6O4. The summed E-state index contributed by atoms with van der Waals surface area (Å²) in [7, 11) is 0. The Morgan fingerprint density at radius 3 is 1.81 bits per heavy atom. The summed E-state index contributed by atoms with van der Waals surface area (Å²) >= 11 is 0. The van der Waals surface area contributed by atoms with E-state index in [1.807, 2.05) is 0 Å². The lowest BCUT2D eigenvalue weighted by Gasteiger charge is -2.31. The molecular weight excluding hydrogens is 250 g/mol. The minimum atomic E-state index is -5.91. The Labute approximate surface area is 83.7 Å². The van der Waals surface area contributed by atoms with Crippen molar-refractivity contribution in [3.8, 4) is 0 Å². The van der Waals surface area contributed by atoms with Gasteiger partial charge in [-0.05, 0) is 0 Å². The largest absolute Gasteiger partial charge is 0.479 e. The molecule has 1 atom stereocenters. The van der Waals surface area contributed by atoms with E-state index in [1.54, 1.807) is 0 Å². The number of hydrogen-bond donors (Lipinski definition) is 1. The van der Waals surface area contributed by atoms with Crippen LogP contribution in [0.15, 0.2) is 0 Å². The van der Waals surface area contributed by atoms with Crippen LogP contribution in [0.2, 0.25) is 0 Å². The maximum Gasteiger partial charge on any atom is 0.453 e. The predicted molar refractivity (Wildman–Crippen MR) is 33.3 cm³/mol. The fourth-order valence-electron chi connectivity index (χ4n) is 1.04. The summed E-state index contributed by atoms with van der Waals surface area (Å²) in [6.45, 7) is -1.33. The lowest BCUT2D eigenvalue weighted by atomic mass is 10.2. The Balaban J connectivity index is 3.07. The van der Waals surface area contributed by atoms with Crippen molar-refractivity contribution in [3.05, 3.63) is 0 Å². The second-order valence-corrected chi connectivity index (χ2v) is 2.87. The van der Waals surface area contributed by atoms with Crippen molar-refractivity contribution in [3.63, 3.8) is 0 Å². The molecule has 0 saturated carbocycles. The number of carbonyl (C=O) groups is 1. The second-order valence-electron chi connectivity index (χ2n) is 2.87. The van der Waals surface area contributed by atoms with Crippen LogP contribution in [-0.4, -0.2) is 41.9 Å². The van der Waals surface area contributed by atoms with Crippen LogP contribution in [0.1, 0.15) is 0 Å². The van der Waals surface area contributed by atoms with Crippen molar-refractivity contribution >= 4 is 5.97 Å². The van der Waals surface area contributed by atoms with Gasteiger partial charge in [-0.15, -0.1) is 0 Å². The van der Waals surface area contributed by atoms with Crippen LogP contribution in [0.5, 0.6) is 0 Å². The molecule has 16 heavy (non-hydrogen) atoms. The van der Waals surface area contributed by atoms with E-state index < -0.39 is 36.8 Å². The fraction of sp³-hybridized carbons (Fsp3) is 0.833. The molecule has 1 rings (SSSR count). The third-order valence-electron chi connectivity index (χ3n) is 1.77. The highest BCUT2D eigenvalue weighted by Gasteiger charge is 2.77. The molecule has 94 valence electrons. The fourth-order valence-corrected chi connectivity index (χ4v) is 1.04. The van der Waals surface area contributed by atoms with E-state index in [0.29, 0.717) is 0 Å². The first-order valence-electron chi connectivity index (χ1n) is 3.69.